The molecule has 1 aromatic rings. The molecule has 0 amide bonds. The molecule has 3 nitrogen and oxygen atoms in total. The van der Waals surface area contributed by atoms with Crippen LogP contribution in [-0.2, 0) is 11.2 Å². The van der Waals surface area contributed by atoms with Crippen molar-refractivity contribution in [3.05, 3.63) is 41.7 Å². The van der Waals surface area contributed by atoms with Gasteiger partial charge in [0.25, 0.3) is 0 Å². The summed E-state index contributed by atoms with van der Waals surface area (Å²) in [6, 6.07) is 7.71. The van der Waals surface area contributed by atoms with Crippen molar-refractivity contribution in [2.45, 2.75) is 19.3 Å². The molecule has 1 fully saturated rings. The molecule has 1 aliphatic rings. The molecule has 0 aliphatic heterocycles. The van der Waals surface area contributed by atoms with Crippen molar-refractivity contribution in [2.24, 2.45) is 5.92 Å². The normalized spacial score (nSPS) is 14.4. The molecule has 0 radical (unpaired) electrons. The lowest BCUT2D eigenvalue weighted by Gasteiger charge is -2.10. The van der Waals surface area contributed by atoms with Crippen molar-refractivity contribution >= 4 is 0 Å². The third-order valence-electron chi connectivity index (χ3n) is 2.93. The molecular formula is C15H17NO2. The summed E-state index contributed by atoms with van der Waals surface area (Å²) in [7, 11) is 1.62. The van der Waals surface area contributed by atoms with E-state index in [1.54, 1.807) is 19.4 Å². The fourth-order valence-corrected chi connectivity index (χ4v) is 1.71. The third kappa shape index (κ3) is 3.53. The molecule has 0 N–H and O–H groups in total. The number of hydrogen-bond donors (Lipinski definition) is 0. The number of nitriles is 1. The van der Waals surface area contributed by atoms with Crippen molar-refractivity contribution < 1.29 is 9.47 Å². The maximum atomic E-state index is 8.92. The molecule has 1 aliphatic carbocycles. The standard InChI is InChI=1S/C15H17NO2/c1-17-8-2-3-14-9-13(10-16)6-7-15(14)18-11-12-4-5-12/h2,6-9,12H,3-5,11H2,1H3/b8-2+. The summed E-state index contributed by atoms with van der Waals surface area (Å²) in [5.41, 5.74) is 1.69. The van der Waals surface area contributed by atoms with Crippen molar-refractivity contribution in [3.63, 3.8) is 0 Å². The Labute approximate surface area is 108 Å². The number of allylic oxidation sites excluding steroid dienone is 1. The van der Waals surface area contributed by atoms with Crippen LogP contribution in [0.25, 0.3) is 0 Å². The first kappa shape index (κ1) is 12.5. The van der Waals surface area contributed by atoms with Gasteiger partial charge in [0, 0.05) is 0 Å². The smallest absolute Gasteiger partial charge is 0.122 e. The predicted molar refractivity (Wildman–Crippen MR) is 69.2 cm³/mol. The summed E-state index contributed by atoms with van der Waals surface area (Å²) >= 11 is 0. The van der Waals surface area contributed by atoms with Crippen molar-refractivity contribution in [1.82, 2.24) is 0 Å². The van der Waals surface area contributed by atoms with Crippen LogP contribution in [0.3, 0.4) is 0 Å². The zero-order valence-electron chi connectivity index (χ0n) is 10.6. The minimum Gasteiger partial charge on any atom is -0.505 e. The third-order valence-corrected chi connectivity index (χ3v) is 2.93. The summed E-state index contributed by atoms with van der Waals surface area (Å²) in [5.74, 6) is 1.60. The number of nitrogens with zero attached hydrogens (tertiary/aromatic N) is 1. The number of hydrogen-bond acceptors (Lipinski definition) is 3. The van der Waals surface area contributed by atoms with Crippen LogP contribution < -0.4 is 4.74 Å². The van der Waals surface area contributed by atoms with Crippen molar-refractivity contribution in [1.29, 1.82) is 5.26 Å². The maximum absolute atomic E-state index is 8.92. The Morgan fingerprint density at radius 3 is 2.94 bits per heavy atom. The van der Waals surface area contributed by atoms with E-state index in [-0.39, 0.29) is 0 Å². The second kappa shape index (κ2) is 6.11. The Bertz CT molecular complexity index is 470. The van der Waals surface area contributed by atoms with Crippen LogP contribution in [0.15, 0.2) is 30.5 Å². The van der Waals surface area contributed by atoms with Crippen LogP contribution in [0.5, 0.6) is 5.75 Å². The molecule has 0 saturated heterocycles. The van der Waals surface area contributed by atoms with Gasteiger partial charge in [0.05, 0.1) is 31.6 Å². The predicted octanol–water partition coefficient (Wildman–Crippen LogP) is 3.05. The Balaban J connectivity index is 2.09. The summed E-state index contributed by atoms with van der Waals surface area (Å²) in [6.45, 7) is 0.785. The lowest BCUT2D eigenvalue weighted by atomic mass is 10.1. The van der Waals surface area contributed by atoms with E-state index >= 15 is 0 Å². The van der Waals surface area contributed by atoms with E-state index in [4.69, 9.17) is 14.7 Å². The van der Waals surface area contributed by atoms with E-state index in [1.165, 1.54) is 12.8 Å². The fourth-order valence-electron chi connectivity index (χ4n) is 1.71. The molecule has 1 aromatic carbocycles. The van der Waals surface area contributed by atoms with Gasteiger partial charge in [-0.15, -0.1) is 0 Å². The van der Waals surface area contributed by atoms with Gasteiger partial charge in [-0.2, -0.15) is 5.26 Å². The Morgan fingerprint density at radius 2 is 2.28 bits per heavy atom. The van der Waals surface area contributed by atoms with Gasteiger partial charge >= 0.3 is 0 Å². The average molecular weight is 243 g/mol. The molecule has 2 rings (SSSR count). The lowest BCUT2D eigenvalue weighted by molar-refractivity contribution is 0.297. The minimum absolute atomic E-state index is 0.662. The molecule has 0 atom stereocenters. The molecule has 0 aromatic heterocycles. The van der Waals surface area contributed by atoms with E-state index in [0.29, 0.717) is 12.0 Å². The van der Waals surface area contributed by atoms with E-state index in [1.807, 2.05) is 18.2 Å². The average Bonchev–Trinajstić information content (AvgIpc) is 3.21. The van der Waals surface area contributed by atoms with Crippen LogP contribution >= 0.6 is 0 Å². The first-order valence-electron chi connectivity index (χ1n) is 6.17. The molecule has 1 saturated carbocycles. The summed E-state index contributed by atoms with van der Waals surface area (Å²) < 4.78 is 10.7. The van der Waals surface area contributed by atoms with Gasteiger partial charge in [-0.1, -0.05) is 0 Å². The highest BCUT2D eigenvalue weighted by atomic mass is 16.5. The highest BCUT2D eigenvalue weighted by molar-refractivity contribution is 5.43. The first-order chi connectivity index (χ1) is 8.83. The lowest BCUT2D eigenvalue weighted by Crippen LogP contribution is -2.01. The molecule has 0 unspecified atom stereocenters. The summed E-state index contributed by atoms with van der Waals surface area (Å²) in [6.07, 6.45) is 6.82. The van der Waals surface area contributed by atoms with Crippen LogP contribution in [0.1, 0.15) is 24.0 Å². The van der Waals surface area contributed by atoms with Gasteiger partial charge in [0.15, 0.2) is 0 Å². The van der Waals surface area contributed by atoms with Crippen LogP contribution in [-0.4, -0.2) is 13.7 Å². The fraction of sp³-hybridized carbons (Fsp3) is 0.400. The maximum Gasteiger partial charge on any atom is 0.122 e. The van der Waals surface area contributed by atoms with Gasteiger partial charge in [-0.25, -0.2) is 0 Å². The monoisotopic (exact) mass is 243 g/mol. The summed E-state index contributed by atoms with van der Waals surface area (Å²) in [5, 5.41) is 8.92. The largest absolute Gasteiger partial charge is 0.505 e. The van der Waals surface area contributed by atoms with Crippen molar-refractivity contribution in [3.8, 4) is 11.8 Å². The SMILES string of the molecule is CO/C=C/Cc1cc(C#N)ccc1OCC1CC1. The second-order valence-corrected chi connectivity index (χ2v) is 4.50. The zero-order chi connectivity index (χ0) is 12.8. The van der Waals surface area contributed by atoms with E-state index < -0.39 is 0 Å². The molecular weight excluding hydrogens is 226 g/mol. The second-order valence-electron chi connectivity index (χ2n) is 4.50. The van der Waals surface area contributed by atoms with E-state index in [2.05, 4.69) is 6.07 Å². The van der Waals surface area contributed by atoms with Gasteiger partial charge in [-0.3, -0.25) is 0 Å². The molecule has 0 bridgehead atoms. The topological polar surface area (TPSA) is 42.2 Å². The van der Waals surface area contributed by atoms with Crippen LogP contribution in [0.4, 0.5) is 0 Å². The Hall–Kier alpha value is -1.95. The van der Waals surface area contributed by atoms with Crippen LogP contribution in [0, 0.1) is 17.2 Å². The number of methoxy groups -OCH3 is 1. The van der Waals surface area contributed by atoms with Crippen LogP contribution in [0.2, 0.25) is 0 Å². The molecule has 94 valence electrons. The quantitative estimate of drug-likeness (QED) is 0.721. The number of rotatable bonds is 6. The molecule has 3 heteroatoms. The first-order valence-corrected chi connectivity index (χ1v) is 6.17. The van der Waals surface area contributed by atoms with Crippen molar-refractivity contribution in [2.75, 3.05) is 13.7 Å². The van der Waals surface area contributed by atoms with Gasteiger partial charge in [0.1, 0.15) is 5.75 Å². The molecule has 0 heterocycles. The number of benzene rings is 1. The van der Waals surface area contributed by atoms with Gasteiger partial charge < -0.3 is 9.47 Å². The van der Waals surface area contributed by atoms with Gasteiger partial charge in [0.2, 0.25) is 0 Å². The Kier molecular flexibility index (Phi) is 4.25. The molecule has 0 spiro atoms. The minimum atomic E-state index is 0.662. The number of ether oxygens (including phenoxy) is 2. The Morgan fingerprint density at radius 1 is 1.44 bits per heavy atom. The highest BCUT2D eigenvalue weighted by Gasteiger charge is 2.22. The summed E-state index contributed by atoms with van der Waals surface area (Å²) in [4.78, 5) is 0. The van der Waals surface area contributed by atoms with E-state index in [0.717, 1.165) is 23.8 Å². The van der Waals surface area contributed by atoms with Gasteiger partial charge in [-0.05, 0) is 55.0 Å². The highest BCUT2D eigenvalue weighted by Crippen LogP contribution is 2.30. The zero-order valence-corrected chi connectivity index (χ0v) is 10.6. The van der Waals surface area contributed by atoms with E-state index in [9.17, 15) is 0 Å². The molecule has 18 heavy (non-hydrogen) atoms.